The summed E-state index contributed by atoms with van der Waals surface area (Å²) >= 11 is 0. The van der Waals surface area contributed by atoms with Crippen LogP contribution in [0, 0.1) is 5.92 Å². The van der Waals surface area contributed by atoms with E-state index in [0.29, 0.717) is 12.5 Å². The first-order valence-electron chi connectivity index (χ1n) is 4.73. The van der Waals surface area contributed by atoms with E-state index < -0.39 is 0 Å². The van der Waals surface area contributed by atoms with Gasteiger partial charge in [0.05, 0.1) is 0 Å². The molecule has 1 heterocycles. The number of hydrogen-bond donors (Lipinski definition) is 2. The zero-order valence-electron chi connectivity index (χ0n) is 8.20. The van der Waals surface area contributed by atoms with E-state index >= 15 is 0 Å². The first-order valence-corrected chi connectivity index (χ1v) is 4.73. The Morgan fingerprint density at radius 3 is 2.77 bits per heavy atom. The van der Waals surface area contributed by atoms with Gasteiger partial charge in [-0.2, -0.15) is 5.21 Å². The van der Waals surface area contributed by atoms with Crippen molar-refractivity contribution < 1.29 is 0 Å². The molecule has 74 valence electrons. The fourth-order valence-corrected chi connectivity index (χ4v) is 1.58. The summed E-state index contributed by atoms with van der Waals surface area (Å²) in [5.74, 6) is 1.50. The monoisotopic (exact) mass is 183 g/mol. The van der Waals surface area contributed by atoms with Gasteiger partial charge in [0.25, 0.3) is 0 Å². The molecule has 13 heavy (non-hydrogen) atoms. The molecule has 2 atom stereocenters. The van der Waals surface area contributed by atoms with Crippen LogP contribution in [-0.2, 0) is 0 Å². The van der Waals surface area contributed by atoms with Crippen LogP contribution in [-0.4, -0.2) is 27.2 Å². The van der Waals surface area contributed by atoms with Crippen molar-refractivity contribution in [3.63, 3.8) is 0 Å². The molecule has 0 fully saturated rings. The molecule has 5 heteroatoms. The van der Waals surface area contributed by atoms with Crippen LogP contribution in [0.5, 0.6) is 0 Å². The molecule has 1 aromatic heterocycles. The van der Waals surface area contributed by atoms with Crippen molar-refractivity contribution in [1.29, 1.82) is 0 Å². The molecular formula is C8H17N5. The highest BCUT2D eigenvalue weighted by molar-refractivity contribution is 4.94. The summed E-state index contributed by atoms with van der Waals surface area (Å²) in [5.41, 5.74) is 5.67. The average Bonchev–Trinajstić information content (AvgIpc) is 2.59. The minimum Gasteiger partial charge on any atom is -0.330 e. The Morgan fingerprint density at radius 2 is 2.31 bits per heavy atom. The molecule has 0 aliphatic rings. The van der Waals surface area contributed by atoms with Crippen LogP contribution in [0.25, 0.3) is 0 Å². The minimum atomic E-state index is 0.235. The van der Waals surface area contributed by atoms with Crippen LogP contribution in [0.4, 0.5) is 0 Å². The van der Waals surface area contributed by atoms with E-state index in [1.807, 2.05) is 0 Å². The second-order valence-electron chi connectivity index (χ2n) is 3.38. The Kier molecular flexibility index (Phi) is 3.82. The van der Waals surface area contributed by atoms with Crippen molar-refractivity contribution in [2.24, 2.45) is 11.7 Å². The Labute approximate surface area is 78.1 Å². The third kappa shape index (κ3) is 2.48. The number of aromatic nitrogens is 4. The van der Waals surface area contributed by atoms with Gasteiger partial charge < -0.3 is 5.73 Å². The molecule has 5 nitrogen and oxygen atoms in total. The summed E-state index contributed by atoms with van der Waals surface area (Å²) in [6, 6.07) is 0. The van der Waals surface area contributed by atoms with Gasteiger partial charge in [0.2, 0.25) is 0 Å². The van der Waals surface area contributed by atoms with Gasteiger partial charge in [0.15, 0.2) is 5.82 Å². The largest absolute Gasteiger partial charge is 0.330 e. The fourth-order valence-electron chi connectivity index (χ4n) is 1.58. The zero-order chi connectivity index (χ0) is 9.68. The van der Waals surface area contributed by atoms with Crippen LogP contribution in [0.3, 0.4) is 0 Å². The summed E-state index contributed by atoms with van der Waals surface area (Å²) in [6.07, 6.45) is 2.31. The third-order valence-electron chi connectivity index (χ3n) is 2.38. The number of nitrogens with one attached hydrogen (secondary N) is 1. The van der Waals surface area contributed by atoms with Crippen LogP contribution in [0.1, 0.15) is 38.4 Å². The molecule has 1 rings (SSSR count). The highest BCUT2D eigenvalue weighted by Crippen LogP contribution is 2.23. The summed E-state index contributed by atoms with van der Waals surface area (Å²) in [5, 5.41) is 13.9. The molecule has 0 amide bonds. The van der Waals surface area contributed by atoms with Crippen molar-refractivity contribution in [3.05, 3.63) is 5.82 Å². The summed E-state index contributed by atoms with van der Waals surface area (Å²) < 4.78 is 0. The highest BCUT2D eigenvalue weighted by Gasteiger charge is 2.20. The van der Waals surface area contributed by atoms with Crippen molar-refractivity contribution in [2.45, 2.75) is 32.6 Å². The average molecular weight is 183 g/mol. The van der Waals surface area contributed by atoms with Gasteiger partial charge in [0.1, 0.15) is 0 Å². The lowest BCUT2D eigenvalue weighted by atomic mass is 9.90. The van der Waals surface area contributed by atoms with Crippen LogP contribution < -0.4 is 5.73 Å². The van der Waals surface area contributed by atoms with Crippen molar-refractivity contribution in [2.75, 3.05) is 6.54 Å². The van der Waals surface area contributed by atoms with Gasteiger partial charge in [-0.05, 0) is 5.92 Å². The first-order chi connectivity index (χ1) is 6.29. The fraction of sp³-hybridized carbons (Fsp3) is 0.875. The van der Waals surface area contributed by atoms with E-state index in [-0.39, 0.29) is 5.92 Å². The lowest BCUT2D eigenvalue weighted by Crippen LogP contribution is -2.21. The maximum Gasteiger partial charge on any atom is 0.179 e. The zero-order valence-corrected chi connectivity index (χ0v) is 8.20. The lowest BCUT2D eigenvalue weighted by molar-refractivity contribution is 0.415. The van der Waals surface area contributed by atoms with E-state index in [0.717, 1.165) is 18.7 Å². The SMILES string of the molecule is CCCC(C)C(CN)c1nn[nH]n1. The quantitative estimate of drug-likeness (QED) is 0.703. The molecule has 0 aromatic carbocycles. The summed E-state index contributed by atoms with van der Waals surface area (Å²) in [4.78, 5) is 0. The Bertz CT molecular complexity index is 220. The topological polar surface area (TPSA) is 80.5 Å². The number of nitrogens with zero attached hydrogens (tertiary/aromatic N) is 3. The van der Waals surface area contributed by atoms with Gasteiger partial charge in [-0.15, -0.1) is 10.2 Å². The van der Waals surface area contributed by atoms with Gasteiger partial charge in [-0.3, -0.25) is 0 Å². The van der Waals surface area contributed by atoms with E-state index in [1.54, 1.807) is 0 Å². The number of nitrogens with two attached hydrogens (primary N) is 1. The molecule has 0 saturated heterocycles. The van der Waals surface area contributed by atoms with Gasteiger partial charge in [-0.1, -0.05) is 31.9 Å². The molecule has 0 spiro atoms. The maximum atomic E-state index is 5.67. The molecule has 1 aromatic rings. The number of aromatic amines is 1. The number of hydrogen-bond acceptors (Lipinski definition) is 4. The summed E-state index contributed by atoms with van der Waals surface area (Å²) in [7, 11) is 0. The van der Waals surface area contributed by atoms with Crippen LogP contribution in [0.15, 0.2) is 0 Å². The third-order valence-corrected chi connectivity index (χ3v) is 2.38. The standard InChI is InChI=1S/C8H17N5/c1-3-4-6(2)7(5-9)8-10-12-13-11-8/h6-7H,3-5,9H2,1-2H3,(H,10,11,12,13). The van der Waals surface area contributed by atoms with Crippen molar-refractivity contribution in [1.82, 2.24) is 20.6 Å². The van der Waals surface area contributed by atoms with Crippen molar-refractivity contribution >= 4 is 0 Å². The van der Waals surface area contributed by atoms with E-state index in [4.69, 9.17) is 5.73 Å². The number of rotatable bonds is 5. The van der Waals surface area contributed by atoms with E-state index in [1.165, 1.54) is 0 Å². The second-order valence-corrected chi connectivity index (χ2v) is 3.38. The van der Waals surface area contributed by atoms with Gasteiger partial charge in [0, 0.05) is 12.5 Å². The van der Waals surface area contributed by atoms with Crippen LogP contribution in [0.2, 0.25) is 0 Å². The predicted octanol–water partition coefficient (Wildman–Crippen LogP) is 0.678. The smallest absolute Gasteiger partial charge is 0.179 e. The highest BCUT2D eigenvalue weighted by atomic mass is 15.5. The Morgan fingerprint density at radius 1 is 1.54 bits per heavy atom. The predicted molar refractivity (Wildman–Crippen MR) is 50.0 cm³/mol. The lowest BCUT2D eigenvalue weighted by Gasteiger charge is -2.18. The molecule has 0 saturated carbocycles. The molecule has 2 unspecified atom stereocenters. The molecule has 0 radical (unpaired) electrons. The number of H-pyrrole nitrogens is 1. The molecule has 0 bridgehead atoms. The van der Waals surface area contributed by atoms with Crippen LogP contribution >= 0.6 is 0 Å². The Balaban J connectivity index is 2.62. The van der Waals surface area contributed by atoms with E-state index in [9.17, 15) is 0 Å². The first kappa shape index (κ1) is 10.1. The normalized spacial score (nSPS) is 15.6. The van der Waals surface area contributed by atoms with E-state index in [2.05, 4.69) is 34.5 Å². The Hall–Kier alpha value is -0.970. The summed E-state index contributed by atoms with van der Waals surface area (Å²) in [6.45, 7) is 4.93. The molecular weight excluding hydrogens is 166 g/mol. The molecule has 3 N–H and O–H groups in total. The number of tetrazole rings is 1. The van der Waals surface area contributed by atoms with Gasteiger partial charge >= 0.3 is 0 Å². The minimum absolute atomic E-state index is 0.235. The van der Waals surface area contributed by atoms with Gasteiger partial charge in [-0.25, -0.2) is 0 Å². The molecule has 0 aliphatic heterocycles. The maximum absolute atomic E-state index is 5.67. The molecule has 0 aliphatic carbocycles. The second kappa shape index (κ2) is 4.91. The van der Waals surface area contributed by atoms with Crippen molar-refractivity contribution in [3.8, 4) is 0 Å².